The highest BCUT2D eigenvalue weighted by Gasteiger charge is 2.21. The summed E-state index contributed by atoms with van der Waals surface area (Å²) in [6.45, 7) is 5.02. The average molecular weight is 269 g/mol. The van der Waals surface area contributed by atoms with Crippen LogP contribution in [0.25, 0.3) is 0 Å². The molecule has 1 aliphatic rings. The van der Waals surface area contributed by atoms with Gasteiger partial charge < -0.3 is 9.47 Å². The van der Waals surface area contributed by atoms with Gasteiger partial charge in [-0.2, -0.15) is 0 Å². The summed E-state index contributed by atoms with van der Waals surface area (Å²) in [4.78, 5) is 12.3. The van der Waals surface area contributed by atoms with E-state index >= 15 is 0 Å². The summed E-state index contributed by atoms with van der Waals surface area (Å²) < 4.78 is 10.9. The van der Waals surface area contributed by atoms with E-state index in [0.717, 1.165) is 12.8 Å². The summed E-state index contributed by atoms with van der Waals surface area (Å²) in [5.41, 5.74) is 0.530. The van der Waals surface area contributed by atoms with Crippen LogP contribution in [0.1, 0.15) is 37.0 Å². The molecule has 0 spiro atoms. The number of hydrogen-bond acceptors (Lipinski definition) is 3. The topological polar surface area (TPSA) is 35.5 Å². The zero-order valence-electron chi connectivity index (χ0n) is 10.7. The Hall–Kier alpha value is -1.22. The molecule has 0 saturated carbocycles. The molecule has 1 aromatic carbocycles. The van der Waals surface area contributed by atoms with Crippen LogP contribution >= 0.6 is 11.6 Å². The number of fused-ring (bicyclic) bond motifs is 1. The summed E-state index contributed by atoms with van der Waals surface area (Å²) in [6, 6.07) is 3.37. The van der Waals surface area contributed by atoms with Gasteiger partial charge >= 0.3 is 0 Å². The molecule has 0 aliphatic carbocycles. The van der Waals surface area contributed by atoms with Crippen LogP contribution in [0.2, 0.25) is 5.02 Å². The highest BCUT2D eigenvalue weighted by molar-refractivity contribution is 6.34. The number of benzene rings is 1. The number of rotatable bonds is 4. The summed E-state index contributed by atoms with van der Waals surface area (Å²) in [7, 11) is 0. The molecule has 1 heterocycles. The first-order chi connectivity index (χ1) is 8.63. The normalized spacial score (nSPS) is 15.3. The molecule has 0 radical (unpaired) electrons. The largest absolute Gasteiger partial charge is 0.486 e. The maximum absolute atomic E-state index is 12.3. The SMILES string of the molecule is CCCC(C)C(=O)c1cc2c(cc1Cl)OCCO2. The van der Waals surface area contributed by atoms with Gasteiger partial charge in [0.2, 0.25) is 0 Å². The lowest BCUT2D eigenvalue weighted by Gasteiger charge is -2.20. The zero-order valence-corrected chi connectivity index (χ0v) is 11.4. The van der Waals surface area contributed by atoms with Crippen LogP contribution in [0.4, 0.5) is 0 Å². The maximum atomic E-state index is 12.3. The molecule has 4 heteroatoms. The van der Waals surface area contributed by atoms with Crippen LogP contribution in [0.15, 0.2) is 12.1 Å². The molecule has 1 aliphatic heterocycles. The lowest BCUT2D eigenvalue weighted by atomic mass is 9.95. The minimum absolute atomic E-state index is 0.0185. The molecule has 1 aromatic rings. The summed E-state index contributed by atoms with van der Waals surface area (Å²) in [6.07, 6.45) is 1.85. The van der Waals surface area contributed by atoms with E-state index in [2.05, 4.69) is 6.92 Å². The second-order valence-electron chi connectivity index (χ2n) is 4.53. The maximum Gasteiger partial charge on any atom is 0.167 e. The fraction of sp³-hybridized carbons (Fsp3) is 0.500. The van der Waals surface area contributed by atoms with Gasteiger partial charge in [-0.3, -0.25) is 4.79 Å². The fourth-order valence-corrected chi connectivity index (χ4v) is 2.33. The Bertz CT molecular complexity index is 457. The summed E-state index contributed by atoms with van der Waals surface area (Å²) >= 11 is 6.14. The van der Waals surface area contributed by atoms with Gasteiger partial charge in [0.15, 0.2) is 17.3 Å². The van der Waals surface area contributed by atoms with Crippen molar-refractivity contribution in [3.8, 4) is 11.5 Å². The third-order valence-electron chi connectivity index (χ3n) is 3.07. The van der Waals surface area contributed by atoms with Crippen LogP contribution in [0.3, 0.4) is 0 Å². The molecule has 0 fully saturated rings. The lowest BCUT2D eigenvalue weighted by molar-refractivity contribution is 0.0922. The minimum atomic E-state index is -0.0185. The lowest BCUT2D eigenvalue weighted by Crippen LogP contribution is -2.17. The van der Waals surface area contributed by atoms with Crippen molar-refractivity contribution < 1.29 is 14.3 Å². The molecule has 1 unspecified atom stereocenters. The molecular weight excluding hydrogens is 252 g/mol. The summed E-state index contributed by atoms with van der Waals surface area (Å²) in [5.74, 6) is 1.28. The third kappa shape index (κ3) is 2.61. The van der Waals surface area contributed by atoms with E-state index in [0.29, 0.717) is 35.3 Å². The predicted molar refractivity (Wildman–Crippen MR) is 70.8 cm³/mol. The van der Waals surface area contributed by atoms with Crippen molar-refractivity contribution in [2.75, 3.05) is 13.2 Å². The van der Waals surface area contributed by atoms with Crippen LogP contribution in [0, 0.1) is 5.92 Å². The van der Waals surface area contributed by atoms with E-state index in [-0.39, 0.29) is 11.7 Å². The van der Waals surface area contributed by atoms with Crippen molar-refractivity contribution in [2.24, 2.45) is 5.92 Å². The van der Waals surface area contributed by atoms with Crippen molar-refractivity contribution in [1.82, 2.24) is 0 Å². The number of ketones is 1. The molecule has 2 rings (SSSR count). The quantitative estimate of drug-likeness (QED) is 0.781. The molecule has 0 saturated heterocycles. The molecule has 0 aromatic heterocycles. The Balaban J connectivity index is 2.30. The van der Waals surface area contributed by atoms with Crippen LogP contribution in [0.5, 0.6) is 11.5 Å². The first kappa shape index (κ1) is 13.2. The van der Waals surface area contributed by atoms with Gasteiger partial charge in [-0.1, -0.05) is 31.9 Å². The molecule has 0 N–H and O–H groups in total. The van der Waals surface area contributed by atoms with Crippen molar-refractivity contribution in [1.29, 1.82) is 0 Å². The van der Waals surface area contributed by atoms with E-state index in [1.807, 2.05) is 6.92 Å². The monoisotopic (exact) mass is 268 g/mol. The first-order valence-corrected chi connectivity index (χ1v) is 6.64. The van der Waals surface area contributed by atoms with Crippen LogP contribution < -0.4 is 9.47 Å². The summed E-state index contributed by atoms with van der Waals surface area (Å²) in [5, 5.41) is 0.437. The Morgan fingerprint density at radius 1 is 1.33 bits per heavy atom. The van der Waals surface area contributed by atoms with Crippen molar-refractivity contribution in [2.45, 2.75) is 26.7 Å². The Labute approximate surface area is 112 Å². The number of halogens is 1. The molecule has 3 nitrogen and oxygen atoms in total. The first-order valence-electron chi connectivity index (χ1n) is 6.26. The molecule has 0 bridgehead atoms. The predicted octanol–water partition coefficient (Wildman–Crippen LogP) is 3.73. The van der Waals surface area contributed by atoms with Gasteiger partial charge in [0, 0.05) is 17.5 Å². The van der Waals surface area contributed by atoms with Gasteiger partial charge in [-0.05, 0) is 12.5 Å². The minimum Gasteiger partial charge on any atom is -0.486 e. The van der Waals surface area contributed by atoms with Crippen molar-refractivity contribution in [3.63, 3.8) is 0 Å². The Morgan fingerprint density at radius 3 is 2.56 bits per heavy atom. The van der Waals surface area contributed by atoms with E-state index in [1.54, 1.807) is 12.1 Å². The molecular formula is C14H17ClO3. The number of carbonyl (C=O) groups excluding carboxylic acids is 1. The number of carbonyl (C=O) groups is 1. The van der Waals surface area contributed by atoms with Crippen LogP contribution in [-0.2, 0) is 0 Å². The molecule has 0 amide bonds. The highest BCUT2D eigenvalue weighted by atomic mass is 35.5. The van der Waals surface area contributed by atoms with E-state index in [1.165, 1.54) is 0 Å². The number of Topliss-reactive ketones (excluding diaryl/α,β-unsaturated/α-hetero) is 1. The number of hydrogen-bond donors (Lipinski definition) is 0. The molecule has 18 heavy (non-hydrogen) atoms. The molecule has 98 valence electrons. The standard InChI is InChI=1S/C14H17ClO3/c1-3-4-9(2)14(16)10-7-12-13(8-11(10)15)18-6-5-17-12/h7-9H,3-6H2,1-2H3. The second-order valence-corrected chi connectivity index (χ2v) is 4.94. The average Bonchev–Trinajstić information content (AvgIpc) is 2.37. The van der Waals surface area contributed by atoms with E-state index < -0.39 is 0 Å². The fourth-order valence-electron chi connectivity index (χ4n) is 2.08. The van der Waals surface area contributed by atoms with Crippen molar-refractivity contribution in [3.05, 3.63) is 22.7 Å². The third-order valence-corrected chi connectivity index (χ3v) is 3.38. The highest BCUT2D eigenvalue weighted by Crippen LogP contribution is 2.36. The molecule has 1 atom stereocenters. The van der Waals surface area contributed by atoms with Gasteiger partial charge in [0.25, 0.3) is 0 Å². The number of ether oxygens (including phenoxy) is 2. The Kier molecular flexibility index (Phi) is 4.12. The van der Waals surface area contributed by atoms with E-state index in [9.17, 15) is 4.79 Å². The van der Waals surface area contributed by atoms with Gasteiger partial charge in [-0.25, -0.2) is 0 Å². The smallest absolute Gasteiger partial charge is 0.167 e. The van der Waals surface area contributed by atoms with E-state index in [4.69, 9.17) is 21.1 Å². The van der Waals surface area contributed by atoms with Crippen molar-refractivity contribution >= 4 is 17.4 Å². The van der Waals surface area contributed by atoms with Crippen LogP contribution in [-0.4, -0.2) is 19.0 Å². The van der Waals surface area contributed by atoms with Gasteiger partial charge in [0.1, 0.15) is 13.2 Å². The Morgan fingerprint density at radius 2 is 1.94 bits per heavy atom. The van der Waals surface area contributed by atoms with Gasteiger partial charge in [-0.15, -0.1) is 0 Å². The zero-order chi connectivity index (χ0) is 13.1. The van der Waals surface area contributed by atoms with Gasteiger partial charge in [0.05, 0.1) is 5.02 Å². The second kappa shape index (κ2) is 5.61.